The zero-order chi connectivity index (χ0) is 21.9. The van der Waals surface area contributed by atoms with Crippen LogP contribution in [-0.4, -0.2) is 37.8 Å². The van der Waals surface area contributed by atoms with Crippen LogP contribution < -0.4 is 4.31 Å². The van der Waals surface area contributed by atoms with Gasteiger partial charge in [0.25, 0.3) is 16.1 Å². The average Bonchev–Trinajstić information content (AvgIpc) is 2.77. The van der Waals surface area contributed by atoms with E-state index >= 15 is 0 Å². The molecule has 1 aliphatic heterocycles. The first-order valence-corrected chi connectivity index (χ1v) is 12.3. The Morgan fingerprint density at radius 2 is 1.80 bits per heavy atom. The maximum Gasteiger partial charge on any atom is 0.303 e. The molecule has 0 amide bonds. The fourth-order valence-electron chi connectivity index (χ4n) is 3.74. The summed E-state index contributed by atoms with van der Waals surface area (Å²) in [5, 5.41) is 8.71. The highest BCUT2D eigenvalue weighted by Gasteiger charge is 2.41. The molecule has 1 unspecified atom stereocenters. The molecule has 9 heteroatoms. The number of benzene rings is 2. The van der Waals surface area contributed by atoms with E-state index in [1.807, 2.05) is 12.1 Å². The number of para-hydroxylation sites is 1. The number of unbranched alkanes of at least 4 members (excludes halogenated alkanes) is 3. The zero-order valence-corrected chi connectivity index (χ0v) is 19.6. The molecule has 0 fully saturated rings. The van der Waals surface area contributed by atoms with Crippen LogP contribution in [0.1, 0.15) is 49.3 Å². The van der Waals surface area contributed by atoms with Crippen LogP contribution in [0.15, 0.2) is 47.4 Å². The number of hydrogen-bond donors (Lipinski definition) is 1. The van der Waals surface area contributed by atoms with Crippen molar-refractivity contribution < 1.29 is 23.1 Å². The molecule has 30 heavy (non-hydrogen) atoms. The van der Waals surface area contributed by atoms with Crippen LogP contribution in [0.5, 0.6) is 0 Å². The largest absolute Gasteiger partial charge is 0.481 e. The Morgan fingerprint density at radius 1 is 1.10 bits per heavy atom. The van der Waals surface area contributed by atoms with Crippen molar-refractivity contribution in [1.82, 2.24) is 0 Å². The predicted octanol–water partition coefficient (Wildman–Crippen LogP) is 4.33. The summed E-state index contributed by atoms with van der Waals surface area (Å²) in [6.45, 7) is 0.237. The quantitative estimate of drug-likeness (QED) is 0.304. The van der Waals surface area contributed by atoms with Crippen molar-refractivity contribution in [2.24, 2.45) is 0 Å². The second-order valence-electron chi connectivity index (χ2n) is 7.31. The molecule has 0 aromatic heterocycles. The molecule has 0 radical (unpaired) electrons. The first-order chi connectivity index (χ1) is 14.2. The lowest BCUT2D eigenvalue weighted by molar-refractivity contribution is -0.583. The van der Waals surface area contributed by atoms with Gasteiger partial charge < -0.3 is 5.11 Å². The number of sulfonamides is 1. The summed E-state index contributed by atoms with van der Waals surface area (Å²) < 4.78 is 29.5. The number of nitroso groups, excluding NO2 is 1. The standard InChI is InChI=1S/C21H23IN2O5S/c1-23-18-9-6-5-8-16(18)21(24(27)13-7-3-2-4-10-20(25)26)17-12-11-15(22)14-19(17)30(23,28)29/h5-6,8-9,11-12,14,21H,2-4,7,10,13H2,1H3/p+1. The van der Waals surface area contributed by atoms with E-state index in [9.17, 15) is 18.1 Å². The molecule has 1 atom stereocenters. The molecule has 2 aromatic carbocycles. The molecule has 1 N–H and O–H groups in total. The molecule has 0 spiro atoms. The first-order valence-electron chi connectivity index (χ1n) is 9.76. The van der Waals surface area contributed by atoms with Gasteiger partial charge in [-0.2, -0.15) is 0 Å². The predicted molar refractivity (Wildman–Crippen MR) is 122 cm³/mol. The van der Waals surface area contributed by atoms with Crippen LogP contribution in [0.4, 0.5) is 5.69 Å². The number of carbonyl (C=O) groups is 1. The minimum absolute atomic E-state index is 0.132. The minimum Gasteiger partial charge on any atom is -0.481 e. The van der Waals surface area contributed by atoms with Gasteiger partial charge in [-0.3, -0.25) is 9.10 Å². The van der Waals surface area contributed by atoms with Gasteiger partial charge in [-0.25, -0.2) is 8.42 Å². The van der Waals surface area contributed by atoms with Crippen LogP contribution in [-0.2, 0) is 14.8 Å². The lowest BCUT2D eigenvalue weighted by Gasteiger charge is -2.19. The maximum absolute atomic E-state index is 13.2. The SMILES string of the molecule is CN1c2ccccc2C([N+](=O)CCCCCCC(=O)O)c2ccc(I)cc2S1(=O)=O. The van der Waals surface area contributed by atoms with Gasteiger partial charge in [0.05, 0.1) is 16.1 Å². The third-order valence-electron chi connectivity index (χ3n) is 5.29. The van der Waals surface area contributed by atoms with Gasteiger partial charge in [-0.05, 0) is 65.8 Å². The number of fused-ring (bicyclic) bond motifs is 2. The summed E-state index contributed by atoms with van der Waals surface area (Å²) in [5.41, 5.74) is 1.63. The van der Waals surface area contributed by atoms with Gasteiger partial charge in [-0.15, -0.1) is 0 Å². The summed E-state index contributed by atoms with van der Waals surface area (Å²) in [4.78, 5) is 24.0. The number of nitrogens with zero attached hydrogens (tertiary/aromatic N) is 2. The number of anilines is 1. The third kappa shape index (κ3) is 4.66. The van der Waals surface area contributed by atoms with Crippen LogP contribution >= 0.6 is 22.6 Å². The molecule has 160 valence electrons. The average molecular weight is 543 g/mol. The number of carboxylic acid groups (broad SMARTS) is 1. The molecule has 1 heterocycles. The number of aliphatic carboxylic acids is 1. The fourth-order valence-corrected chi connectivity index (χ4v) is 5.92. The van der Waals surface area contributed by atoms with E-state index in [4.69, 9.17) is 5.11 Å². The highest BCUT2D eigenvalue weighted by Crippen LogP contribution is 2.42. The summed E-state index contributed by atoms with van der Waals surface area (Å²) in [6, 6.07) is 11.5. The van der Waals surface area contributed by atoms with Crippen molar-refractivity contribution in [3.05, 3.63) is 62.1 Å². The molecule has 3 rings (SSSR count). The van der Waals surface area contributed by atoms with Gasteiger partial charge >= 0.3 is 5.97 Å². The van der Waals surface area contributed by atoms with Crippen molar-refractivity contribution in [3.63, 3.8) is 0 Å². The fraction of sp³-hybridized carbons (Fsp3) is 0.381. The van der Waals surface area contributed by atoms with Gasteiger partial charge in [0, 0.05) is 38.7 Å². The topological polar surface area (TPSA) is 94.8 Å². The van der Waals surface area contributed by atoms with Crippen molar-refractivity contribution in [3.8, 4) is 0 Å². The highest BCUT2D eigenvalue weighted by molar-refractivity contribution is 14.1. The highest BCUT2D eigenvalue weighted by atomic mass is 127. The summed E-state index contributed by atoms with van der Waals surface area (Å²) in [6.07, 6.45) is 2.83. The van der Waals surface area contributed by atoms with E-state index in [1.54, 1.807) is 30.3 Å². The molecule has 0 saturated heterocycles. The summed E-state index contributed by atoms with van der Waals surface area (Å²) in [7, 11) is -2.28. The van der Waals surface area contributed by atoms with E-state index in [-0.39, 0.29) is 17.9 Å². The first kappa shape index (κ1) is 22.7. The Bertz CT molecular complexity index is 1070. The van der Waals surface area contributed by atoms with E-state index in [0.717, 1.165) is 21.2 Å². The van der Waals surface area contributed by atoms with E-state index < -0.39 is 22.0 Å². The van der Waals surface area contributed by atoms with Gasteiger partial charge in [0.15, 0.2) is 6.54 Å². The molecule has 7 nitrogen and oxygen atoms in total. The van der Waals surface area contributed by atoms with E-state index in [2.05, 4.69) is 22.6 Å². The maximum atomic E-state index is 13.2. The normalized spacial score (nSPS) is 17.0. The van der Waals surface area contributed by atoms with Crippen LogP contribution in [0.2, 0.25) is 0 Å². The molecule has 0 bridgehead atoms. The molecule has 0 saturated carbocycles. The van der Waals surface area contributed by atoms with Crippen LogP contribution in [0.25, 0.3) is 0 Å². The molecule has 0 aliphatic carbocycles. The molecule has 2 aromatic rings. The van der Waals surface area contributed by atoms with Gasteiger partial charge in [-0.1, -0.05) is 18.6 Å². The molecular formula is C21H24IN2O5S+. The van der Waals surface area contributed by atoms with Gasteiger partial charge in [0.1, 0.15) is 0 Å². The minimum atomic E-state index is -3.79. The van der Waals surface area contributed by atoms with E-state index in [0.29, 0.717) is 29.7 Å². The smallest absolute Gasteiger partial charge is 0.303 e. The molecule has 1 aliphatic rings. The summed E-state index contributed by atoms with van der Waals surface area (Å²) in [5.74, 6) is -0.813. The van der Waals surface area contributed by atoms with Crippen molar-refractivity contribution in [1.29, 1.82) is 0 Å². The molecular weight excluding hydrogens is 519 g/mol. The lowest BCUT2D eigenvalue weighted by atomic mass is 9.96. The van der Waals surface area contributed by atoms with Crippen molar-refractivity contribution in [2.75, 3.05) is 17.9 Å². The number of hydrogen-bond acceptors (Lipinski definition) is 4. The Balaban J connectivity index is 1.93. The second-order valence-corrected chi connectivity index (χ2v) is 10.5. The van der Waals surface area contributed by atoms with Crippen LogP contribution in [0.3, 0.4) is 0 Å². The van der Waals surface area contributed by atoms with Crippen molar-refractivity contribution in [2.45, 2.75) is 43.0 Å². The zero-order valence-electron chi connectivity index (χ0n) is 16.6. The number of carboxylic acids is 1. The Hall–Kier alpha value is -2.01. The summed E-state index contributed by atoms with van der Waals surface area (Å²) >= 11 is 2.07. The van der Waals surface area contributed by atoms with Crippen LogP contribution in [0, 0.1) is 8.48 Å². The van der Waals surface area contributed by atoms with Gasteiger partial charge in [0.2, 0.25) is 0 Å². The van der Waals surface area contributed by atoms with E-state index in [1.165, 1.54) is 11.4 Å². The monoisotopic (exact) mass is 543 g/mol. The third-order valence-corrected chi connectivity index (χ3v) is 7.78. The Morgan fingerprint density at radius 3 is 2.53 bits per heavy atom. The second kappa shape index (κ2) is 9.42. The Kier molecular flexibility index (Phi) is 7.12. The Labute approximate surface area is 189 Å². The number of halogens is 1. The van der Waals surface area contributed by atoms with Crippen molar-refractivity contribution >= 4 is 44.3 Å². The lowest BCUT2D eigenvalue weighted by Crippen LogP contribution is -2.26. The number of rotatable bonds is 8.